The van der Waals surface area contributed by atoms with Crippen molar-refractivity contribution in [1.29, 1.82) is 0 Å². The molecule has 0 aliphatic rings. The molecule has 1 N–H and O–H groups in total. The van der Waals surface area contributed by atoms with Gasteiger partial charge in [0.15, 0.2) is 5.69 Å². The van der Waals surface area contributed by atoms with Crippen LogP contribution in [-0.4, -0.2) is 21.7 Å². The van der Waals surface area contributed by atoms with Crippen LogP contribution in [0.1, 0.15) is 36.3 Å². The van der Waals surface area contributed by atoms with Gasteiger partial charge in [0.1, 0.15) is 12.2 Å². The summed E-state index contributed by atoms with van der Waals surface area (Å²) in [5, 5.41) is 8.19. The lowest BCUT2D eigenvalue weighted by atomic mass is 10.1. The topological polar surface area (TPSA) is 120 Å². The number of nitrogens with one attached hydrogen (secondary N) is 1. The van der Waals surface area contributed by atoms with Crippen LogP contribution < -0.4 is 16.5 Å². The minimum Gasteiger partial charge on any atom is -0.456 e. The van der Waals surface area contributed by atoms with Crippen molar-refractivity contribution in [2.24, 2.45) is 0 Å². The smallest absolute Gasteiger partial charge is 0.359 e. The number of ether oxygens (including phenoxy) is 1. The molecule has 0 fully saturated rings. The number of hydrogen-bond donors (Lipinski definition) is 1. The number of carbonyl (C=O) groups excluding carboxylic acids is 2. The maximum Gasteiger partial charge on any atom is 0.359 e. The Balaban J connectivity index is 1.68. The van der Waals surface area contributed by atoms with Gasteiger partial charge in [-0.3, -0.25) is 9.59 Å². The quantitative estimate of drug-likeness (QED) is 0.356. The van der Waals surface area contributed by atoms with E-state index in [2.05, 4.69) is 10.4 Å². The third kappa shape index (κ3) is 4.52. The van der Waals surface area contributed by atoms with Crippen LogP contribution in [0, 0.1) is 0 Å². The van der Waals surface area contributed by atoms with Crippen LogP contribution in [0.4, 0.5) is 5.69 Å². The van der Waals surface area contributed by atoms with Gasteiger partial charge in [-0.15, -0.1) is 0 Å². The van der Waals surface area contributed by atoms with E-state index < -0.39 is 11.6 Å². The van der Waals surface area contributed by atoms with E-state index in [1.54, 1.807) is 36.4 Å². The van der Waals surface area contributed by atoms with Crippen molar-refractivity contribution in [3.05, 3.63) is 80.6 Å². The van der Waals surface area contributed by atoms with Crippen molar-refractivity contribution in [1.82, 2.24) is 9.78 Å². The number of esters is 1. The monoisotopic (exact) mass is 447 g/mol. The zero-order valence-electron chi connectivity index (χ0n) is 18.1. The molecule has 1 amide bonds. The molecule has 4 rings (SSSR count). The predicted molar refractivity (Wildman–Crippen MR) is 122 cm³/mol. The Labute approximate surface area is 187 Å². The number of aryl methyl sites for hydroxylation is 1. The molecule has 0 aliphatic carbocycles. The van der Waals surface area contributed by atoms with Crippen molar-refractivity contribution < 1.29 is 18.7 Å². The number of nitrogens with zero attached hydrogens (tertiary/aromatic N) is 2. The summed E-state index contributed by atoms with van der Waals surface area (Å²) < 4.78 is 12.0. The number of carbonyl (C=O) groups is 2. The van der Waals surface area contributed by atoms with E-state index in [1.807, 2.05) is 6.92 Å². The first-order valence-electron chi connectivity index (χ1n) is 10.4. The highest BCUT2D eigenvalue weighted by molar-refractivity contribution is 6.02. The highest BCUT2D eigenvalue weighted by atomic mass is 16.5. The molecule has 9 nitrogen and oxygen atoms in total. The molecule has 0 saturated heterocycles. The number of aromatic nitrogens is 2. The van der Waals surface area contributed by atoms with Gasteiger partial charge >= 0.3 is 11.6 Å². The fourth-order valence-corrected chi connectivity index (χ4v) is 3.59. The van der Waals surface area contributed by atoms with Crippen molar-refractivity contribution in [3.63, 3.8) is 0 Å². The highest BCUT2D eigenvalue weighted by Crippen LogP contribution is 2.23. The van der Waals surface area contributed by atoms with E-state index in [0.29, 0.717) is 40.4 Å². The lowest BCUT2D eigenvalue weighted by Crippen LogP contribution is -2.26. The Kier molecular flexibility index (Phi) is 6.03. The molecule has 168 valence electrons. The zero-order chi connectivity index (χ0) is 23.5. The molecule has 0 bridgehead atoms. The summed E-state index contributed by atoms with van der Waals surface area (Å²) in [6.07, 6.45) is 0.673. The number of anilines is 1. The molecule has 0 saturated carbocycles. The molecule has 2 heterocycles. The van der Waals surface area contributed by atoms with Crippen LogP contribution in [0.25, 0.3) is 21.7 Å². The maximum absolute atomic E-state index is 12.9. The van der Waals surface area contributed by atoms with Crippen molar-refractivity contribution in [2.45, 2.75) is 33.4 Å². The number of rotatable bonds is 6. The Morgan fingerprint density at radius 1 is 1.06 bits per heavy atom. The zero-order valence-corrected chi connectivity index (χ0v) is 18.1. The van der Waals surface area contributed by atoms with Gasteiger partial charge < -0.3 is 14.5 Å². The average molecular weight is 447 g/mol. The molecule has 0 spiro atoms. The Bertz CT molecular complexity index is 1500. The van der Waals surface area contributed by atoms with Crippen LogP contribution in [0.2, 0.25) is 0 Å². The summed E-state index contributed by atoms with van der Waals surface area (Å²) in [5.41, 5.74) is 0.300. The van der Waals surface area contributed by atoms with Crippen LogP contribution in [-0.2, 0) is 22.7 Å². The number of amides is 1. The summed E-state index contributed by atoms with van der Waals surface area (Å²) in [6, 6.07) is 12.8. The van der Waals surface area contributed by atoms with Gasteiger partial charge in [-0.25, -0.2) is 14.3 Å². The lowest BCUT2D eigenvalue weighted by molar-refractivity contribution is -0.114. The Morgan fingerprint density at radius 2 is 1.82 bits per heavy atom. The third-order valence-electron chi connectivity index (χ3n) is 5.01. The largest absolute Gasteiger partial charge is 0.456 e. The molecule has 0 unspecified atom stereocenters. The Hall–Kier alpha value is -4.27. The molecule has 2 aromatic carbocycles. The number of fused-ring (bicyclic) bond motifs is 2. The minimum absolute atomic E-state index is 0.0267. The van der Waals surface area contributed by atoms with Crippen LogP contribution in [0.5, 0.6) is 0 Å². The summed E-state index contributed by atoms with van der Waals surface area (Å²) in [4.78, 5) is 48.9. The second-order valence-electron chi connectivity index (χ2n) is 7.48. The summed E-state index contributed by atoms with van der Waals surface area (Å²) in [6.45, 7) is 3.44. The van der Waals surface area contributed by atoms with E-state index >= 15 is 0 Å². The van der Waals surface area contributed by atoms with E-state index in [9.17, 15) is 19.2 Å². The van der Waals surface area contributed by atoms with E-state index in [0.717, 1.165) is 0 Å². The van der Waals surface area contributed by atoms with Crippen molar-refractivity contribution in [2.75, 3.05) is 5.32 Å². The summed E-state index contributed by atoms with van der Waals surface area (Å²) >= 11 is 0. The standard InChI is InChI=1S/C24H21N3O6/c1-3-10-27-23(30)19-7-5-4-6-18(19)22(26-27)24(31)32-13-15-11-21(29)33-20-12-16(25-14(2)28)8-9-17(15)20/h4-9,11-12H,3,10,13H2,1-2H3,(H,25,28). The number of benzene rings is 2. The normalized spacial score (nSPS) is 11.0. The van der Waals surface area contributed by atoms with Gasteiger partial charge in [-0.05, 0) is 24.6 Å². The van der Waals surface area contributed by atoms with Gasteiger partial charge in [0.05, 0.1) is 5.39 Å². The van der Waals surface area contributed by atoms with Gasteiger partial charge in [0.2, 0.25) is 5.91 Å². The molecule has 0 atom stereocenters. The molecule has 9 heteroatoms. The first-order chi connectivity index (χ1) is 15.9. The molecule has 2 aromatic heterocycles. The van der Waals surface area contributed by atoms with E-state index in [4.69, 9.17) is 9.15 Å². The average Bonchev–Trinajstić information content (AvgIpc) is 2.78. The van der Waals surface area contributed by atoms with Gasteiger partial charge in [-0.2, -0.15) is 5.10 Å². The highest BCUT2D eigenvalue weighted by Gasteiger charge is 2.19. The summed E-state index contributed by atoms with van der Waals surface area (Å²) in [7, 11) is 0. The fraction of sp³-hybridized carbons (Fsp3) is 0.208. The Morgan fingerprint density at radius 3 is 2.55 bits per heavy atom. The second-order valence-corrected chi connectivity index (χ2v) is 7.48. The molecule has 4 aromatic rings. The van der Waals surface area contributed by atoms with Crippen molar-refractivity contribution in [3.8, 4) is 0 Å². The molecular formula is C24H21N3O6. The van der Waals surface area contributed by atoms with Crippen LogP contribution in [0.3, 0.4) is 0 Å². The maximum atomic E-state index is 12.9. The van der Waals surface area contributed by atoms with Gasteiger partial charge in [-0.1, -0.05) is 25.1 Å². The first kappa shape index (κ1) is 21.9. The lowest BCUT2D eigenvalue weighted by Gasteiger charge is -2.11. The second kappa shape index (κ2) is 9.07. The van der Waals surface area contributed by atoms with Gasteiger partial charge in [0, 0.05) is 47.6 Å². The van der Waals surface area contributed by atoms with Gasteiger partial charge in [0.25, 0.3) is 5.56 Å². The third-order valence-corrected chi connectivity index (χ3v) is 5.01. The van der Waals surface area contributed by atoms with E-state index in [1.165, 1.54) is 23.7 Å². The fourth-order valence-electron chi connectivity index (χ4n) is 3.59. The molecule has 33 heavy (non-hydrogen) atoms. The SMILES string of the molecule is CCCn1nc(C(=O)OCc2cc(=O)oc3cc(NC(C)=O)ccc23)c2ccccc2c1=O. The van der Waals surface area contributed by atoms with E-state index in [-0.39, 0.29) is 29.4 Å². The molecular weight excluding hydrogens is 426 g/mol. The van der Waals surface area contributed by atoms with Crippen LogP contribution in [0.15, 0.2) is 62.5 Å². The molecule has 0 aliphatic heterocycles. The van der Waals surface area contributed by atoms with Crippen LogP contribution >= 0.6 is 0 Å². The first-order valence-corrected chi connectivity index (χ1v) is 10.4. The predicted octanol–water partition coefficient (Wildman–Crippen LogP) is 3.23. The van der Waals surface area contributed by atoms with Crippen molar-refractivity contribution >= 4 is 39.3 Å². The molecule has 0 radical (unpaired) electrons. The summed E-state index contributed by atoms with van der Waals surface area (Å²) in [5.74, 6) is -0.974. The minimum atomic E-state index is -0.715. The number of hydrogen-bond acceptors (Lipinski definition) is 7.